The second-order valence-electron chi connectivity index (χ2n) is 4.35. The Morgan fingerprint density at radius 3 is 2.50 bits per heavy atom. The van der Waals surface area contributed by atoms with Crippen LogP contribution in [0.1, 0.15) is 22.5 Å². The molecule has 4 nitrogen and oxygen atoms in total. The summed E-state index contributed by atoms with van der Waals surface area (Å²) >= 11 is 5.96. The van der Waals surface area contributed by atoms with Crippen molar-refractivity contribution >= 4 is 11.6 Å². The quantitative estimate of drug-likeness (QED) is 0.800. The topological polar surface area (TPSA) is 39.9 Å². The van der Waals surface area contributed by atoms with Crippen LogP contribution in [0.25, 0.3) is 0 Å². The molecule has 2 aromatic rings. The number of hydrogen-bond acceptors (Lipinski definition) is 3. The van der Waals surface area contributed by atoms with E-state index >= 15 is 0 Å². The highest BCUT2D eigenvalue weighted by Crippen LogP contribution is 2.27. The van der Waals surface area contributed by atoms with Crippen LogP contribution in [0.15, 0.2) is 12.1 Å². The van der Waals surface area contributed by atoms with Gasteiger partial charge in [0.25, 0.3) is 0 Å². The first-order chi connectivity index (χ1) is 8.51. The molecule has 0 N–H and O–H groups in total. The highest BCUT2D eigenvalue weighted by Gasteiger charge is 2.12. The first-order valence-corrected chi connectivity index (χ1v) is 6.26. The zero-order valence-electron chi connectivity index (χ0n) is 11.0. The molecule has 0 saturated heterocycles. The lowest BCUT2D eigenvalue weighted by Gasteiger charge is -2.11. The van der Waals surface area contributed by atoms with Crippen molar-refractivity contribution in [2.24, 2.45) is 7.05 Å². The largest absolute Gasteiger partial charge is 0.421 e. The number of hydrogen-bond donors (Lipinski definition) is 0. The van der Waals surface area contributed by atoms with Gasteiger partial charge in [0.15, 0.2) is 0 Å². The third-order valence-electron chi connectivity index (χ3n) is 2.73. The van der Waals surface area contributed by atoms with Crippen LogP contribution in [-0.4, -0.2) is 14.8 Å². The average Bonchev–Trinajstić information content (AvgIpc) is 2.57. The lowest BCUT2D eigenvalue weighted by atomic mass is 10.1. The summed E-state index contributed by atoms with van der Waals surface area (Å²) in [4.78, 5) is 4.40. The average molecular weight is 266 g/mol. The minimum Gasteiger partial charge on any atom is -0.421 e. The third kappa shape index (κ3) is 2.48. The third-order valence-corrected chi connectivity index (χ3v) is 3.00. The Balaban J connectivity index is 2.42. The Morgan fingerprint density at radius 2 is 1.94 bits per heavy atom. The molecule has 0 amide bonds. The molecule has 18 heavy (non-hydrogen) atoms. The van der Waals surface area contributed by atoms with Crippen molar-refractivity contribution in [3.05, 3.63) is 34.6 Å². The van der Waals surface area contributed by atoms with Gasteiger partial charge in [-0.05, 0) is 32.4 Å². The molecule has 0 aliphatic carbocycles. The van der Waals surface area contributed by atoms with Crippen LogP contribution in [0.5, 0.6) is 11.8 Å². The van der Waals surface area contributed by atoms with Crippen LogP contribution in [-0.2, 0) is 12.9 Å². The number of nitrogens with zero attached hydrogens (tertiary/aromatic N) is 3. The minimum atomic E-state index is 0.380. The van der Waals surface area contributed by atoms with Crippen LogP contribution in [0.2, 0.25) is 0 Å². The summed E-state index contributed by atoms with van der Waals surface area (Å²) in [5, 5.41) is 4.24. The maximum atomic E-state index is 5.96. The zero-order valence-corrected chi connectivity index (χ0v) is 11.7. The summed E-state index contributed by atoms with van der Waals surface area (Å²) in [6, 6.07) is 3.87. The molecule has 0 aliphatic heterocycles. The van der Waals surface area contributed by atoms with E-state index in [4.69, 9.17) is 16.3 Å². The molecule has 2 aromatic heterocycles. The Kier molecular flexibility index (Phi) is 3.57. The van der Waals surface area contributed by atoms with Crippen LogP contribution in [0, 0.1) is 20.8 Å². The molecule has 0 unspecified atom stereocenters. The van der Waals surface area contributed by atoms with Gasteiger partial charge >= 0.3 is 0 Å². The summed E-state index contributed by atoms with van der Waals surface area (Å²) in [6.45, 7) is 5.87. The van der Waals surface area contributed by atoms with Gasteiger partial charge < -0.3 is 4.74 Å². The lowest BCUT2D eigenvalue weighted by Crippen LogP contribution is -2.01. The molecule has 0 saturated carbocycles. The van der Waals surface area contributed by atoms with E-state index < -0.39 is 0 Å². The van der Waals surface area contributed by atoms with Gasteiger partial charge in [-0.3, -0.25) is 0 Å². The van der Waals surface area contributed by atoms with Gasteiger partial charge in [-0.25, -0.2) is 9.67 Å². The standard InChI is InChI=1S/C13H16ClN3O/c1-8-5-9(2)15-13(11(8)7-14)18-12-6-10(3)16-17(12)4/h5-6H,7H2,1-4H3. The molecule has 0 spiro atoms. The van der Waals surface area contributed by atoms with E-state index in [-0.39, 0.29) is 0 Å². The van der Waals surface area contributed by atoms with Crippen molar-refractivity contribution in [2.75, 3.05) is 0 Å². The molecule has 0 bridgehead atoms. The Hall–Kier alpha value is -1.55. The lowest BCUT2D eigenvalue weighted by molar-refractivity contribution is 0.410. The zero-order chi connectivity index (χ0) is 13.3. The Morgan fingerprint density at radius 1 is 1.22 bits per heavy atom. The van der Waals surface area contributed by atoms with Gasteiger partial charge in [0.1, 0.15) is 0 Å². The molecule has 0 fully saturated rings. The van der Waals surface area contributed by atoms with Crippen LogP contribution >= 0.6 is 11.6 Å². The summed E-state index contributed by atoms with van der Waals surface area (Å²) < 4.78 is 7.51. The number of rotatable bonds is 3. The molecule has 2 heterocycles. The van der Waals surface area contributed by atoms with Crippen LogP contribution < -0.4 is 4.74 Å². The van der Waals surface area contributed by atoms with Gasteiger partial charge in [-0.2, -0.15) is 5.10 Å². The summed E-state index contributed by atoms with van der Waals surface area (Å²) in [7, 11) is 1.84. The summed E-state index contributed by atoms with van der Waals surface area (Å²) in [5.74, 6) is 1.60. The molecular weight excluding hydrogens is 250 g/mol. The Bertz CT molecular complexity index is 578. The number of halogens is 1. The second kappa shape index (κ2) is 4.98. The fourth-order valence-corrected chi connectivity index (χ4v) is 2.18. The Labute approximate surface area is 112 Å². The number of pyridine rings is 1. The van der Waals surface area contributed by atoms with Gasteiger partial charge in [-0.15, -0.1) is 11.6 Å². The molecule has 0 aliphatic rings. The van der Waals surface area contributed by atoms with E-state index in [9.17, 15) is 0 Å². The first kappa shape index (κ1) is 12.9. The monoisotopic (exact) mass is 265 g/mol. The van der Waals surface area contributed by atoms with Gasteiger partial charge in [0.05, 0.1) is 11.6 Å². The highest BCUT2D eigenvalue weighted by atomic mass is 35.5. The van der Waals surface area contributed by atoms with Gasteiger partial charge in [0.2, 0.25) is 11.8 Å². The van der Waals surface area contributed by atoms with E-state index in [1.165, 1.54) is 0 Å². The number of aromatic nitrogens is 3. The van der Waals surface area contributed by atoms with Crippen LogP contribution in [0.3, 0.4) is 0 Å². The van der Waals surface area contributed by atoms with Crippen molar-refractivity contribution < 1.29 is 4.74 Å². The predicted octanol–water partition coefficient (Wildman–Crippen LogP) is 3.27. The number of ether oxygens (including phenoxy) is 1. The first-order valence-electron chi connectivity index (χ1n) is 5.73. The van der Waals surface area contributed by atoms with Crippen molar-refractivity contribution in [2.45, 2.75) is 26.7 Å². The SMILES string of the molecule is Cc1cc(C)c(CCl)c(Oc2cc(C)nn2C)n1. The van der Waals surface area contributed by atoms with Crippen molar-refractivity contribution in [1.29, 1.82) is 0 Å². The maximum absolute atomic E-state index is 5.96. The van der Waals surface area contributed by atoms with Crippen LogP contribution in [0.4, 0.5) is 0 Å². The smallest absolute Gasteiger partial charge is 0.226 e. The number of alkyl halides is 1. The van der Waals surface area contributed by atoms with Crippen molar-refractivity contribution in [1.82, 2.24) is 14.8 Å². The normalized spacial score (nSPS) is 10.7. The van der Waals surface area contributed by atoms with E-state index in [0.717, 1.165) is 22.5 Å². The summed E-state index contributed by atoms with van der Waals surface area (Å²) in [5.41, 5.74) is 3.83. The fourth-order valence-electron chi connectivity index (χ4n) is 1.86. The summed E-state index contributed by atoms with van der Waals surface area (Å²) in [6.07, 6.45) is 0. The van der Waals surface area contributed by atoms with E-state index in [0.29, 0.717) is 17.6 Å². The molecule has 0 atom stereocenters. The van der Waals surface area contributed by atoms with E-state index in [1.807, 2.05) is 40.0 Å². The number of aryl methyl sites for hydroxylation is 4. The second-order valence-corrected chi connectivity index (χ2v) is 4.61. The van der Waals surface area contributed by atoms with E-state index in [1.54, 1.807) is 4.68 Å². The van der Waals surface area contributed by atoms with Gasteiger partial charge in [-0.1, -0.05) is 0 Å². The van der Waals surface area contributed by atoms with Crippen molar-refractivity contribution in [3.63, 3.8) is 0 Å². The predicted molar refractivity (Wildman–Crippen MR) is 71.3 cm³/mol. The molecule has 96 valence electrons. The molecule has 5 heteroatoms. The molecular formula is C13H16ClN3O. The fraction of sp³-hybridized carbons (Fsp3) is 0.385. The van der Waals surface area contributed by atoms with Crippen molar-refractivity contribution in [3.8, 4) is 11.8 Å². The molecule has 0 aromatic carbocycles. The van der Waals surface area contributed by atoms with E-state index in [2.05, 4.69) is 10.1 Å². The maximum Gasteiger partial charge on any atom is 0.226 e. The minimum absolute atomic E-state index is 0.380. The highest BCUT2D eigenvalue weighted by molar-refractivity contribution is 6.17. The molecule has 0 radical (unpaired) electrons. The van der Waals surface area contributed by atoms with Gasteiger partial charge in [0, 0.05) is 24.4 Å². The molecule has 2 rings (SSSR count).